The molecule has 1 saturated carbocycles. The van der Waals surface area contributed by atoms with Crippen LogP contribution in [0, 0.1) is 11.7 Å². The first-order valence-corrected chi connectivity index (χ1v) is 12.7. The normalized spacial score (nSPS) is 16.9. The quantitative estimate of drug-likeness (QED) is 0.400. The molecule has 4 heterocycles. The molecule has 35 heavy (non-hydrogen) atoms. The fourth-order valence-electron chi connectivity index (χ4n) is 4.75. The number of nitrogen functional groups attached to an aromatic ring is 1. The molecule has 1 aliphatic carbocycles. The molecule has 1 aromatic carbocycles. The maximum absolute atomic E-state index is 13.7. The van der Waals surface area contributed by atoms with E-state index in [2.05, 4.69) is 31.3 Å². The van der Waals surface area contributed by atoms with Crippen LogP contribution in [-0.2, 0) is 11.3 Å². The molecule has 1 aliphatic heterocycles. The van der Waals surface area contributed by atoms with Crippen molar-refractivity contribution in [3.05, 3.63) is 52.6 Å². The van der Waals surface area contributed by atoms with Crippen molar-refractivity contribution in [3.63, 3.8) is 0 Å². The lowest BCUT2D eigenvalue weighted by molar-refractivity contribution is -0.133. The van der Waals surface area contributed by atoms with Crippen LogP contribution >= 0.6 is 15.9 Å². The van der Waals surface area contributed by atoms with E-state index < -0.39 is 0 Å². The summed E-state index contributed by atoms with van der Waals surface area (Å²) in [4.78, 5) is 23.7. The summed E-state index contributed by atoms with van der Waals surface area (Å²) < 4.78 is 16.0. The Morgan fingerprint density at radius 2 is 1.97 bits per heavy atom. The average molecular weight is 538 g/mol. The number of nitrogens with two attached hydrogens (primary N) is 1. The molecule has 3 aromatic heterocycles. The number of hydrogen-bond donors (Lipinski definition) is 2. The molecule has 180 valence electrons. The molecular formula is C25H25BrFN7O. The number of halogens is 2. The number of carbonyl (C=O) groups excluding carboxylic acids is 1. The van der Waals surface area contributed by atoms with E-state index in [1.54, 1.807) is 23.0 Å². The zero-order valence-electron chi connectivity index (χ0n) is 19.0. The van der Waals surface area contributed by atoms with Crippen LogP contribution in [0.3, 0.4) is 0 Å². The number of pyridine rings is 1. The molecule has 10 heteroatoms. The number of hydrogen-bond acceptors (Lipinski definition) is 6. The van der Waals surface area contributed by atoms with E-state index in [4.69, 9.17) is 10.7 Å². The summed E-state index contributed by atoms with van der Waals surface area (Å²) in [5, 5.41) is 8.72. The zero-order valence-corrected chi connectivity index (χ0v) is 20.6. The van der Waals surface area contributed by atoms with E-state index in [-0.39, 0.29) is 11.7 Å². The van der Waals surface area contributed by atoms with Crippen molar-refractivity contribution >= 4 is 44.2 Å². The van der Waals surface area contributed by atoms with E-state index in [0.717, 1.165) is 61.1 Å². The third-order valence-corrected chi connectivity index (χ3v) is 7.80. The number of nitrogens with zero attached hydrogens (tertiary/aromatic N) is 5. The maximum Gasteiger partial charge on any atom is 0.225 e. The van der Waals surface area contributed by atoms with Gasteiger partial charge in [-0.1, -0.05) is 0 Å². The summed E-state index contributed by atoms with van der Waals surface area (Å²) in [6.45, 7) is 2.13. The van der Waals surface area contributed by atoms with E-state index >= 15 is 0 Å². The minimum atomic E-state index is -0.307. The number of piperidine rings is 1. The van der Waals surface area contributed by atoms with E-state index in [0.29, 0.717) is 39.8 Å². The van der Waals surface area contributed by atoms with Gasteiger partial charge in [-0.05, 0) is 65.9 Å². The average Bonchev–Trinajstić information content (AvgIpc) is 3.64. The topological polar surface area (TPSA) is 101 Å². The number of anilines is 1. The van der Waals surface area contributed by atoms with Gasteiger partial charge < -0.3 is 16.0 Å². The molecule has 0 bridgehead atoms. The van der Waals surface area contributed by atoms with Gasteiger partial charge in [-0.25, -0.2) is 9.37 Å². The van der Waals surface area contributed by atoms with Crippen molar-refractivity contribution in [3.8, 4) is 11.1 Å². The van der Waals surface area contributed by atoms with Gasteiger partial charge >= 0.3 is 0 Å². The van der Waals surface area contributed by atoms with Crippen LogP contribution in [0.1, 0.15) is 31.4 Å². The first kappa shape index (κ1) is 22.4. The fraction of sp³-hybridized carbons (Fsp3) is 0.360. The second-order valence-corrected chi connectivity index (χ2v) is 10.2. The van der Waals surface area contributed by atoms with Crippen molar-refractivity contribution in [2.24, 2.45) is 5.92 Å². The van der Waals surface area contributed by atoms with E-state index in [1.165, 1.54) is 12.1 Å². The Labute approximate surface area is 209 Å². The van der Waals surface area contributed by atoms with Crippen LogP contribution in [0.2, 0.25) is 0 Å². The standard InChI is InChI=1S/C25H25BrFN7O/c26-22-21(13-29-18-5-7-33(8-6-18)25(35)14-1-2-14)32-24-19(12-31-34(24)23(22)28)16-9-15-10-17(27)3-4-20(15)30-11-16/h3-4,9-12,14,18,29H,1-2,5-8,13,28H2. The molecule has 0 atom stereocenters. The Bertz CT molecular complexity index is 1440. The minimum absolute atomic E-state index is 0.274. The Hall–Kier alpha value is -3.11. The number of aromatic nitrogens is 4. The molecule has 0 spiro atoms. The van der Waals surface area contributed by atoms with Crippen molar-refractivity contribution in [2.45, 2.75) is 38.3 Å². The van der Waals surface area contributed by atoms with Crippen LogP contribution in [-0.4, -0.2) is 49.5 Å². The number of amides is 1. The lowest BCUT2D eigenvalue weighted by Gasteiger charge is -2.32. The summed E-state index contributed by atoms with van der Waals surface area (Å²) in [5.41, 5.74) is 10.1. The maximum atomic E-state index is 13.7. The highest BCUT2D eigenvalue weighted by molar-refractivity contribution is 9.10. The minimum Gasteiger partial charge on any atom is -0.383 e. The molecule has 2 fully saturated rings. The summed E-state index contributed by atoms with van der Waals surface area (Å²) in [6.07, 6.45) is 7.38. The largest absolute Gasteiger partial charge is 0.383 e. The van der Waals surface area contributed by atoms with Gasteiger partial charge in [0, 0.05) is 54.3 Å². The fourth-order valence-corrected chi connectivity index (χ4v) is 5.14. The zero-order chi connectivity index (χ0) is 24.1. The molecule has 0 radical (unpaired) electrons. The number of benzene rings is 1. The molecule has 1 amide bonds. The van der Waals surface area contributed by atoms with Gasteiger partial charge in [0.05, 0.1) is 21.9 Å². The van der Waals surface area contributed by atoms with Crippen LogP contribution in [0.5, 0.6) is 0 Å². The van der Waals surface area contributed by atoms with Gasteiger partial charge in [0.2, 0.25) is 5.91 Å². The predicted molar refractivity (Wildman–Crippen MR) is 135 cm³/mol. The molecule has 3 N–H and O–H groups in total. The number of nitrogens with one attached hydrogen (secondary N) is 1. The third-order valence-electron chi connectivity index (χ3n) is 6.94. The SMILES string of the molecule is Nc1c(Br)c(CNC2CCN(C(=O)C3CC3)CC2)nc2c(-c3cnc4ccc(F)cc4c3)cnn12. The number of likely N-dealkylation sites (tertiary alicyclic amines) is 1. The lowest BCUT2D eigenvalue weighted by Crippen LogP contribution is -2.45. The van der Waals surface area contributed by atoms with Crippen LogP contribution in [0.25, 0.3) is 27.7 Å². The summed E-state index contributed by atoms with van der Waals surface area (Å²) in [6, 6.07) is 6.73. The Morgan fingerprint density at radius 1 is 1.17 bits per heavy atom. The monoisotopic (exact) mass is 537 g/mol. The first-order chi connectivity index (χ1) is 17.0. The summed E-state index contributed by atoms with van der Waals surface area (Å²) in [7, 11) is 0. The van der Waals surface area contributed by atoms with E-state index in [9.17, 15) is 9.18 Å². The summed E-state index contributed by atoms with van der Waals surface area (Å²) >= 11 is 3.59. The van der Waals surface area contributed by atoms with Crippen LogP contribution < -0.4 is 11.1 Å². The number of fused-ring (bicyclic) bond motifs is 2. The Morgan fingerprint density at radius 3 is 2.74 bits per heavy atom. The Kier molecular flexibility index (Phi) is 5.64. The summed E-state index contributed by atoms with van der Waals surface area (Å²) in [5.74, 6) is 0.753. The van der Waals surface area contributed by atoms with Crippen molar-refractivity contribution in [1.29, 1.82) is 0 Å². The van der Waals surface area contributed by atoms with Gasteiger partial charge in [0.1, 0.15) is 11.6 Å². The molecule has 0 unspecified atom stereocenters. The van der Waals surface area contributed by atoms with Gasteiger partial charge in [-0.2, -0.15) is 9.61 Å². The van der Waals surface area contributed by atoms with E-state index in [1.807, 2.05) is 11.0 Å². The second-order valence-electron chi connectivity index (χ2n) is 9.37. The van der Waals surface area contributed by atoms with Crippen molar-refractivity contribution < 1.29 is 9.18 Å². The number of carbonyl (C=O) groups is 1. The van der Waals surface area contributed by atoms with Gasteiger partial charge in [-0.15, -0.1) is 0 Å². The second kappa shape index (κ2) is 8.83. The smallest absolute Gasteiger partial charge is 0.225 e. The highest BCUT2D eigenvalue weighted by Gasteiger charge is 2.34. The Balaban J connectivity index is 1.23. The third kappa shape index (κ3) is 4.25. The van der Waals surface area contributed by atoms with Crippen LogP contribution in [0.4, 0.5) is 10.2 Å². The first-order valence-electron chi connectivity index (χ1n) is 11.9. The molecule has 1 saturated heterocycles. The van der Waals surface area contributed by atoms with Crippen molar-refractivity contribution in [1.82, 2.24) is 29.8 Å². The van der Waals surface area contributed by atoms with Crippen LogP contribution in [0.15, 0.2) is 41.1 Å². The molecule has 4 aromatic rings. The van der Waals surface area contributed by atoms with Crippen molar-refractivity contribution in [2.75, 3.05) is 18.8 Å². The van der Waals surface area contributed by atoms with Gasteiger partial charge in [-0.3, -0.25) is 9.78 Å². The number of rotatable bonds is 5. The molecular weight excluding hydrogens is 513 g/mol. The highest BCUT2D eigenvalue weighted by atomic mass is 79.9. The molecule has 8 nitrogen and oxygen atoms in total. The molecule has 6 rings (SSSR count). The predicted octanol–water partition coefficient (Wildman–Crippen LogP) is 3.92. The highest BCUT2D eigenvalue weighted by Crippen LogP contribution is 2.33. The lowest BCUT2D eigenvalue weighted by atomic mass is 10.0. The van der Waals surface area contributed by atoms with Gasteiger partial charge in [0.25, 0.3) is 0 Å². The molecule has 2 aliphatic rings. The van der Waals surface area contributed by atoms with Gasteiger partial charge in [0.15, 0.2) is 5.65 Å².